The van der Waals surface area contributed by atoms with Gasteiger partial charge in [-0.25, -0.2) is 0 Å². The quantitative estimate of drug-likeness (QED) is 0.628. The van der Waals surface area contributed by atoms with E-state index < -0.39 is 18.2 Å². The number of hydrogen-bond donors (Lipinski definition) is 1. The summed E-state index contributed by atoms with van der Waals surface area (Å²) in [7, 11) is 0. The fourth-order valence-electron chi connectivity index (χ4n) is 0.574. The Hall–Kier alpha value is -0.940. The van der Waals surface area contributed by atoms with Crippen LogP contribution in [0.1, 0.15) is 27.7 Å². The zero-order valence-corrected chi connectivity index (χ0v) is 7.91. The first-order chi connectivity index (χ1) is 6.02. The summed E-state index contributed by atoms with van der Waals surface area (Å²) < 4.78 is 4.54. The molecule has 1 unspecified atom stereocenters. The number of carbonyl (C=O) groups excluding carboxylic acids is 2. The maximum atomic E-state index is 10.7. The van der Waals surface area contributed by atoms with Gasteiger partial charge in [0.2, 0.25) is 0 Å². The minimum Gasteiger partial charge on any atom is -0.852 e. The molecule has 0 rings (SSSR count). The molecule has 0 heterocycles. The van der Waals surface area contributed by atoms with E-state index in [4.69, 9.17) is 9.90 Å². The summed E-state index contributed by atoms with van der Waals surface area (Å²) in [6, 6.07) is 0. The van der Waals surface area contributed by atoms with Crippen molar-refractivity contribution < 1.29 is 24.5 Å². The van der Waals surface area contributed by atoms with Gasteiger partial charge in [-0.1, -0.05) is 7.43 Å². The topological polar surface area (TPSA) is 86.7 Å². The van der Waals surface area contributed by atoms with Crippen LogP contribution in [0.25, 0.3) is 0 Å². The van der Waals surface area contributed by atoms with Crippen molar-refractivity contribution in [2.24, 2.45) is 0 Å². The lowest BCUT2D eigenvalue weighted by Crippen LogP contribution is -2.38. The van der Waals surface area contributed by atoms with Crippen LogP contribution in [0.3, 0.4) is 0 Å². The van der Waals surface area contributed by atoms with Crippen molar-refractivity contribution >= 4 is 12.8 Å². The molecule has 0 radical (unpaired) electrons. The van der Waals surface area contributed by atoms with E-state index in [1.54, 1.807) is 6.92 Å². The lowest BCUT2D eigenvalue weighted by atomic mass is 10.0. The van der Waals surface area contributed by atoms with E-state index in [9.17, 15) is 9.90 Å². The highest BCUT2D eigenvalue weighted by atomic mass is 16.5. The summed E-state index contributed by atoms with van der Waals surface area (Å²) in [6.07, 6.45) is -0.232. The molecule has 0 saturated carbocycles. The van der Waals surface area contributed by atoms with Crippen LogP contribution in [0.4, 0.5) is 0 Å². The van der Waals surface area contributed by atoms with Crippen LogP contribution < -0.4 is 5.11 Å². The van der Waals surface area contributed by atoms with E-state index in [1.165, 1.54) is 6.92 Å². The normalized spacial score (nSPS) is 12.6. The van der Waals surface area contributed by atoms with E-state index in [0.717, 1.165) is 0 Å². The van der Waals surface area contributed by atoms with Crippen molar-refractivity contribution in [3.8, 4) is 0 Å². The van der Waals surface area contributed by atoms with E-state index in [2.05, 4.69) is 4.74 Å². The molecule has 14 heavy (non-hydrogen) atoms. The highest BCUT2D eigenvalue weighted by Crippen LogP contribution is 2.07. The van der Waals surface area contributed by atoms with Crippen LogP contribution in [-0.2, 0) is 14.3 Å². The zero-order valence-electron chi connectivity index (χ0n) is 7.91. The van der Waals surface area contributed by atoms with E-state index in [1.807, 2.05) is 6.79 Å². The molecular formula is C9H19O5-. The van der Waals surface area contributed by atoms with Crippen molar-refractivity contribution in [2.75, 3.05) is 13.2 Å². The lowest BCUT2D eigenvalue weighted by molar-refractivity contribution is -0.397. The molecule has 0 aromatic rings. The predicted molar refractivity (Wildman–Crippen MR) is 50.6 cm³/mol. The first-order valence-electron chi connectivity index (χ1n) is 3.77. The van der Waals surface area contributed by atoms with Gasteiger partial charge in [-0.3, -0.25) is 4.79 Å². The van der Waals surface area contributed by atoms with Gasteiger partial charge < -0.3 is 19.7 Å². The second-order valence-corrected chi connectivity index (χ2v) is 2.62. The predicted octanol–water partition coefficient (Wildman–Crippen LogP) is -0.498. The Morgan fingerprint density at radius 2 is 2.00 bits per heavy atom. The van der Waals surface area contributed by atoms with Gasteiger partial charge in [0.15, 0.2) is 0 Å². The Bertz CT molecular complexity index is 144. The van der Waals surface area contributed by atoms with E-state index in [0.29, 0.717) is 0 Å². The molecule has 1 N–H and O–H groups in total. The van der Waals surface area contributed by atoms with Gasteiger partial charge in [-0.2, -0.15) is 0 Å². The maximum absolute atomic E-state index is 10.7. The van der Waals surface area contributed by atoms with Gasteiger partial charge in [-0.05, 0) is 13.8 Å². The lowest BCUT2D eigenvalue weighted by Gasteiger charge is -2.24. The monoisotopic (exact) mass is 207 g/mol. The average molecular weight is 207 g/mol. The highest BCUT2D eigenvalue weighted by molar-refractivity contribution is 5.70. The molecule has 0 aromatic carbocycles. The van der Waals surface area contributed by atoms with E-state index in [-0.39, 0.29) is 20.5 Å². The molecule has 0 amide bonds. The van der Waals surface area contributed by atoms with E-state index >= 15 is 0 Å². The maximum Gasteiger partial charge on any atom is 0.308 e. The molecule has 0 bridgehead atoms. The number of carbonyl (C=O) groups is 2. The molecule has 0 aliphatic heterocycles. The molecule has 0 aromatic heterocycles. The van der Waals surface area contributed by atoms with Crippen molar-refractivity contribution in [3.63, 3.8) is 0 Å². The molecule has 0 spiro atoms. The Morgan fingerprint density at radius 1 is 1.57 bits per heavy atom. The largest absolute Gasteiger partial charge is 0.852 e. The smallest absolute Gasteiger partial charge is 0.308 e. The number of ether oxygens (including phenoxy) is 1. The Balaban J connectivity index is -0.000000376. The molecule has 86 valence electrons. The molecule has 5 nitrogen and oxygen atoms in total. The van der Waals surface area contributed by atoms with Gasteiger partial charge in [-0.15, -0.1) is 6.61 Å². The van der Waals surface area contributed by atoms with Gasteiger partial charge in [0.05, 0.1) is 18.6 Å². The van der Waals surface area contributed by atoms with Crippen LogP contribution in [0.2, 0.25) is 0 Å². The third-order valence-corrected chi connectivity index (χ3v) is 1.14. The van der Waals surface area contributed by atoms with Gasteiger partial charge in [0.25, 0.3) is 0 Å². The third-order valence-electron chi connectivity index (χ3n) is 1.14. The molecule has 0 fully saturated rings. The Morgan fingerprint density at radius 3 is 2.29 bits per heavy atom. The number of hydrogen-bond acceptors (Lipinski definition) is 5. The zero-order chi connectivity index (χ0) is 10.9. The number of rotatable bonds is 4. The van der Waals surface area contributed by atoms with Gasteiger partial charge >= 0.3 is 5.97 Å². The molecule has 0 aliphatic carbocycles. The van der Waals surface area contributed by atoms with Crippen LogP contribution in [0.15, 0.2) is 0 Å². The fourth-order valence-corrected chi connectivity index (χ4v) is 0.574. The van der Waals surface area contributed by atoms with Crippen LogP contribution in [0.5, 0.6) is 0 Å². The van der Waals surface area contributed by atoms with Gasteiger partial charge in [0.1, 0.15) is 6.79 Å². The van der Waals surface area contributed by atoms with Crippen molar-refractivity contribution in [1.29, 1.82) is 0 Å². The SMILES string of the molecule is C.C=O.CCOC(=O)CC(C)(O)C[O-]. The number of esters is 1. The summed E-state index contributed by atoms with van der Waals surface area (Å²) in [5.41, 5.74) is -1.47. The average Bonchev–Trinajstić information content (AvgIpc) is 2.08. The minimum absolute atomic E-state index is 0. The van der Waals surface area contributed by atoms with Gasteiger partial charge in [0, 0.05) is 0 Å². The first-order valence-corrected chi connectivity index (χ1v) is 3.77. The molecule has 0 saturated heterocycles. The first kappa shape index (κ1) is 18.8. The standard InChI is InChI=1S/C7H13O4.CH2O.CH4/c1-3-11-6(9)4-7(2,10)5-8;1-2;/h10H,3-5H2,1-2H3;1H2;1H4/q-1;;. The molecule has 0 aliphatic rings. The summed E-state index contributed by atoms with van der Waals surface area (Å²) in [4.78, 5) is 18.7. The summed E-state index contributed by atoms with van der Waals surface area (Å²) in [5.74, 6) is -0.534. The van der Waals surface area contributed by atoms with Crippen LogP contribution in [0, 0.1) is 0 Å². The van der Waals surface area contributed by atoms with Crippen molar-refractivity contribution in [2.45, 2.75) is 33.3 Å². The third kappa shape index (κ3) is 11.1. The van der Waals surface area contributed by atoms with Crippen molar-refractivity contribution in [3.05, 3.63) is 0 Å². The Labute approximate surface area is 84.7 Å². The summed E-state index contributed by atoms with van der Waals surface area (Å²) in [6.45, 7) is 4.57. The fraction of sp³-hybridized carbons (Fsp3) is 0.778. The molecular weight excluding hydrogens is 188 g/mol. The summed E-state index contributed by atoms with van der Waals surface area (Å²) in [5, 5.41) is 19.3. The second-order valence-electron chi connectivity index (χ2n) is 2.62. The van der Waals surface area contributed by atoms with Crippen LogP contribution in [-0.4, -0.2) is 36.7 Å². The van der Waals surface area contributed by atoms with Crippen LogP contribution >= 0.6 is 0 Å². The van der Waals surface area contributed by atoms with Crippen molar-refractivity contribution in [1.82, 2.24) is 0 Å². The number of aliphatic hydroxyl groups is 1. The molecule has 5 heteroatoms. The highest BCUT2D eigenvalue weighted by Gasteiger charge is 2.19. The molecule has 1 atom stereocenters. The Kier molecular flexibility index (Phi) is 13.6. The second kappa shape index (κ2) is 10.1. The summed E-state index contributed by atoms with van der Waals surface area (Å²) >= 11 is 0. The minimum atomic E-state index is -1.47.